The Balaban J connectivity index is 0.000000461. The number of nitrogens with one attached hydrogen (secondary N) is 4. The van der Waals surface area contributed by atoms with Crippen molar-refractivity contribution in [3.63, 3.8) is 0 Å². The first-order chi connectivity index (χ1) is 45.8. The van der Waals surface area contributed by atoms with E-state index in [9.17, 15) is 40.5 Å². The van der Waals surface area contributed by atoms with Gasteiger partial charge in [0.15, 0.2) is 0 Å². The summed E-state index contributed by atoms with van der Waals surface area (Å²) in [5.41, 5.74) is 0.569. The van der Waals surface area contributed by atoms with Gasteiger partial charge in [0, 0.05) is 80.6 Å². The fourth-order valence-corrected chi connectivity index (χ4v) is 12.9. The third-order valence-corrected chi connectivity index (χ3v) is 19.3. The number of nitro groups is 4. The van der Waals surface area contributed by atoms with E-state index in [0.29, 0.717) is 33.9 Å². The molecule has 5 heterocycles. The molecule has 4 aromatic heterocycles. The molecule has 0 radical (unpaired) electrons. The number of benzene rings is 2. The van der Waals surface area contributed by atoms with Gasteiger partial charge in [0.25, 0.3) is 22.7 Å². The zero-order valence-electron chi connectivity index (χ0n) is 60.2. The summed E-state index contributed by atoms with van der Waals surface area (Å²) >= 11 is 0. The quantitative estimate of drug-likeness (QED) is 0.00802. The first kappa shape index (κ1) is 85.0. The largest absolute Gasteiger partial charge is 0.726 e. The lowest BCUT2D eigenvalue weighted by Gasteiger charge is -2.39. The lowest BCUT2D eigenvalue weighted by atomic mass is 9.76. The number of hydrogen-bond acceptors (Lipinski definition) is 14. The van der Waals surface area contributed by atoms with Crippen LogP contribution in [0.3, 0.4) is 0 Å². The number of fused-ring (bicyclic) bond motifs is 8. The summed E-state index contributed by atoms with van der Waals surface area (Å²) in [6.45, 7) is 41.7. The van der Waals surface area contributed by atoms with Crippen LogP contribution in [-0.4, -0.2) is 136 Å². The van der Waals surface area contributed by atoms with Crippen molar-refractivity contribution >= 4 is 43.5 Å². The summed E-state index contributed by atoms with van der Waals surface area (Å²) in [6.07, 6.45) is 22.1. The summed E-state index contributed by atoms with van der Waals surface area (Å²) in [7, 11) is -9.83. The fraction of sp³-hybridized carbons (Fsp3) is 0.600. The van der Waals surface area contributed by atoms with E-state index in [4.69, 9.17) is 35.0 Å². The molecule has 0 fully saturated rings. The zero-order chi connectivity index (χ0) is 74.1. The standard InChI is InChI=1S/C38H36N8O8.2C16H36N.2H2O4S/c1-35(2)27-7-11-31(39-27)37(5,21-15-23(43(47)48)19-24(16-21)44(49)50)33-13-9-29(41-33)36(3,4)30-10-14-34(42-30)38(6,32-12-8-28(35)40-32)22-17-25(45(51)52)20-26(18-22)46(53)54;2*1-5-9-13-17(14-10-6-2,15-11-7-3)16-12-8-4;2*1-5(2,3)4/h7-20,39-42H,1-6H3;2*5-16H2,1-4H3;2*(H2,1,2,3,4)/q;2*+1;;/p-2. The van der Waals surface area contributed by atoms with Gasteiger partial charge >= 0.3 is 0 Å². The van der Waals surface area contributed by atoms with Crippen LogP contribution in [0, 0.1) is 40.5 Å². The van der Waals surface area contributed by atoms with Gasteiger partial charge in [0.2, 0.25) is 20.8 Å². The summed E-state index contributed by atoms with van der Waals surface area (Å²) in [6, 6.07) is 22.3. The predicted molar refractivity (Wildman–Crippen MR) is 381 cm³/mol. The van der Waals surface area contributed by atoms with Crippen molar-refractivity contribution in [2.45, 2.75) is 221 Å². The van der Waals surface area contributed by atoms with Crippen LogP contribution in [0.25, 0.3) is 0 Å². The Kier molecular flexibility index (Phi) is 32.8. The number of H-pyrrole nitrogens is 4. The Hall–Kier alpha value is -7.18. The highest BCUT2D eigenvalue weighted by Crippen LogP contribution is 2.47. The lowest BCUT2D eigenvalue weighted by molar-refractivity contribution is -0.929. The topological polar surface area (TPSA) is 391 Å². The predicted octanol–water partition coefficient (Wildman–Crippen LogP) is 16.3. The molecular weight excluding hydrogens is 1300 g/mol. The minimum absolute atomic E-state index is 0.327. The molecule has 8 bridgehead atoms. The normalized spacial score (nSPS) is 16.3. The fourth-order valence-electron chi connectivity index (χ4n) is 12.9. The lowest BCUT2D eigenvalue weighted by Crippen LogP contribution is -2.50. The molecule has 6 N–H and O–H groups in total. The minimum Gasteiger partial charge on any atom is -0.726 e. The van der Waals surface area contributed by atoms with E-state index in [1.807, 2.05) is 90.1 Å². The van der Waals surface area contributed by atoms with Crippen LogP contribution >= 0.6 is 0 Å². The van der Waals surface area contributed by atoms with Gasteiger partial charge < -0.3 is 38.0 Å². The number of aromatic nitrogens is 4. The van der Waals surface area contributed by atoms with E-state index in [-0.39, 0.29) is 0 Å². The Morgan fingerprint density at radius 1 is 0.337 bits per heavy atom. The molecule has 1 aliphatic heterocycles. The highest BCUT2D eigenvalue weighted by Gasteiger charge is 2.43. The van der Waals surface area contributed by atoms with Crippen molar-refractivity contribution in [3.8, 4) is 0 Å². The highest BCUT2D eigenvalue weighted by molar-refractivity contribution is 7.80. The van der Waals surface area contributed by atoms with E-state index in [2.05, 4.69) is 75.3 Å². The van der Waals surface area contributed by atoms with Crippen molar-refractivity contribution in [1.82, 2.24) is 19.9 Å². The molecule has 0 aliphatic carbocycles. The molecule has 26 nitrogen and oxygen atoms in total. The van der Waals surface area contributed by atoms with Crippen LogP contribution in [0.15, 0.2) is 84.9 Å². The maximum absolute atomic E-state index is 12.0. The second kappa shape index (κ2) is 37.9. The highest BCUT2D eigenvalue weighted by atomic mass is 32.3. The Labute approximate surface area is 580 Å². The molecular formula is C70H110N10O16S2. The summed E-state index contributed by atoms with van der Waals surface area (Å²) in [5, 5.41) is 48.1. The van der Waals surface area contributed by atoms with Crippen LogP contribution < -0.4 is 0 Å². The summed E-state index contributed by atoms with van der Waals surface area (Å²) in [5.74, 6) is 0. The third kappa shape index (κ3) is 24.0. The van der Waals surface area contributed by atoms with Gasteiger partial charge in [0.1, 0.15) is 0 Å². The minimum atomic E-state index is -4.92. The van der Waals surface area contributed by atoms with Crippen LogP contribution in [0.5, 0.6) is 0 Å². The van der Waals surface area contributed by atoms with Gasteiger partial charge in [-0.1, -0.05) is 107 Å². The number of non-ortho nitro benzene ring substituents is 4. The van der Waals surface area contributed by atoms with Crippen LogP contribution in [0.2, 0.25) is 0 Å². The molecule has 0 saturated carbocycles. The van der Waals surface area contributed by atoms with Crippen LogP contribution in [0.4, 0.5) is 22.7 Å². The second-order valence-electron chi connectivity index (χ2n) is 27.3. The molecule has 0 amide bonds. The molecule has 6 aromatic rings. The molecule has 28 heteroatoms. The summed E-state index contributed by atoms with van der Waals surface area (Å²) < 4.78 is 68.5. The average Bonchev–Trinajstić information content (AvgIpc) is 1.50. The van der Waals surface area contributed by atoms with Gasteiger partial charge in [0.05, 0.1) is 95.0 Å². The molecule has 98 heavy (non-hydrogen) atoms. The van der Waals surface area contributed by atoms with Crippen molar-refractivity contribution in [2.24, 2.45) is 0 Å². The van der Waals surface area contributed by atoms with Crippen LogP contribution in [0.1, 0.15) is 256 Å². The van der Waals surface area contributed by atoms with Crippen molar-refractivity contribution < 1.29 is 63.7 Å². The van der Waals surface area contributed by atoms with Gasteiger partial charge in [-0.15, -0.1) is 0 Å². The van der Waals surface area contributed by atoms with E-state index in [1.54, 1.807) is 0 Å². The first-order valence-corrected chi connectivity index (χ1v) is 37.2. The van der Waals surface area contributed by atoms with E-state index in [0.717, 1.165) is 34.9 Å². The van der Waals surface area contributed by atoms with Gasteiger partial charge in [-0.05, 0) is 153 Å². The number of rotatable bonds is 30. The Morgan fingerprint density at radius 2 is 0.490 bits per heavy atom. The van der Waals surface area contributed by atoms with E-state index < -0.39 is 84.9 Å². The molecule has 1 aliphatic rings. The maximum Gasteiger partial charge on any atom is 0.276 e. The SMILES string of the molecule is CC1(C)c2ccc([nH]2)C(C)(c2cc([N+](=O)[O-])cc([N+](=O)[O-])c2)c2ccc([nH]2)C(C)(C)c2ccc([nH]2)C(C)(c2cc([N+](=O)[O-])cc([N+](=O)[O-])c2)c2ccc1[nH]2.CCCC[N+](CCCC)(CCCC)CCCC.CCCC[N+](CCCC)(CCCC)CCCC.O=S(=O)([O-])O.O=S(=O)([O-])O. The second-order valence-corrected chi connectivity index (χ2v) is 29.0. The number of nitrogens with zero attached hydrogens (tertiary/aromatic N) is 6. The molecule has 2 aromatic carbocycles. The van der Waals surface area contributed by atoms with Crippen molar-refractivity contribution in [2.75, 3.05) is 52.4 Å². The average molecular weight is 1410 g/mol. The molecule has 0 spiro atoms. The molecule has 0 unspecified atom stereocenters. The van der Waals surface area contributed by atoms with Crippen LogP contribution in [-0.2, 0) is 42.5 Å². The molecule has 0 atom stereocenters. The van der Waals surface area contributed by atoms with Gasteiger partial charge in [-0.25, -0.2) is 16.8 Å². The number of quaternary nitrogens is 2. The summed E-state index contributed by atoms with van der Waals surface area (Å²) in [4.78, 5) is 59.7. The van der Waals surface area contributed by atoms with Gasteiger partial charge in [-0.3, -0.25) is 49.6 Å². The van der Waals surface area contributed by atoms with Crippen molar-refractivity contribution in [1.29, 1.82) is 0 Å². The first-order valence-electron chi connectivity index (χ1n) is 34.5. The smallest absolute Gasteiger partial charge is 0.276 e. The number of hydrogen-bond donors (Lipinski definition) is 6. The Bertz CT molecular complexity index is 3260. The molecule has 7 rings (SSSR count). The number of aromatic amines is 4. The monoisotopic (exact) mass is 1410 g/mol. The molecule has 548 valence electrons. The maximum atomic E-state index is 12.0. The van der Waals surface area contributed by atoms with E-state index in [1.165, 1.54) is 188 Å². The Morgan fingerprint density at radius 3 is 0.633 bits per heavy atom. The van der Waals surface area contributed by atoms with Crippen molar-refractivity contribution in [3.05, 3.63) is 182 Å². The number of unbranched alkanes of at least 4 members (excludes halogenated alkanes) is 8. The zero-order valence-corrected chi connectivity index (χ0v) is 61.8. The number of nitro benzene ring substituents is 4. The molecule has 0 saturated heterocycles. The third-order valence-electron chi connectivity index (χ3n) is 19.3. The van der Waals surface area contributed by atoms with Gasteiger partial charge in [-0.2, -0.15) is 0 Å². The van der Waals surface area contributed by atoms with E-state index >= 15 is 0 Å².